The largest absolute Gasteiger partial charge is 0.269 e. The van der Waals surface area contributed by atoms with E-state index < -0.39 is 5.92 Å². The molecule has 0 amide bonds. The van der Waals surface area contributed by atoms with Gasteiger partial charge in [0.25, 0.3) is 5.92 Å². The summed E-state index contributed by atoms with van der Waals surface area (Å²) in [4.78, 5) is 0. The highest BCUT2D eigenvalue weighted by Gasteiger charge is 2.36. The van der Waals surface area contributed by atoms with Crippen LogP contribution in [0.2, 0.25) is 0 Å². The molecule has 48 valence electrons. The lowest BCUT2D eigenvalue weighted by molar-refractivity contribution is 0.0122. The smallest absolute Gasteiger partial charge is 0.263 e. The molecule has 1 aliphatic rings. The van der Waals surface area contributed by atoms with Crippen LogP contribution in [0.25, 0.3) is 0 Å². The van der Waals surface area contributed by atoms with Crippen LogP contribution < -0.4 is 5.84 Å². The van der Waals surface area contributed by atoms with E-state index in [2.05, 4.69) is 0 Å². The van der Waals surface area contributed by atoms with Gasteiger partial charge in [-0.3, -0.25) is 5.84 Å². The Bertz CT molecular complexity index is 94.0. The van der Waals surface area contributed by atoms with E-state index in [-0.39, 0.29) is 13.0 Å². The maximum absolute atomic E-state index is 12.1. The van der Waals surface area contributed by atoms with E-state index in [1.165, 1.54) is 0 Å². The Hall–Kier alpha value is -0.220. The average molecular weight is 122 g/mol. The molecule has 1 fully saturated rings. The predicted octanol–water partition coefficient (Wildman–Crippen LogP) is 0.201. The molecule has 0 spiro atoms. The minimum absolute atomic E-state index is 0.0938. The first-order valence-electron chi connectivity index (χ1n) is 2.48. The second-order valence-electron chi connectivity index (χ2n) is 2.08. The molecule has 2 N–H and O–H groups in total. The summed E-state index contributed by atoms with van der Waals surface area (Å²) in [6.45, 7) is 0.0278. The molecule has 0 saturated carbocycles. The number of alkyl halides is 2. The molecule has 1 saturated heterocycles. The van der Waals surface area contributed by atoms with Gasteiger partial charge in [0.1, 0.15) is 0 Å². The molecule has 4 heteroatoms. The summed E-state index contributed by atoms with van der Waals surface area (Å²) in [6.07, 6.45) is -0.0938. The minimum Gasteiger partial charge on any atom is -0.269 e. The summed E-state index contributed by atoms with van der Waals surface area (Å²) in [7, 11) is 0. The Labute approximate surface area is 46.2 Å². The van der Waals surface area contributed by atoms with Crippen LogP contribution in [-0.2, 0) is 0 Å². The zero-order chi connectivity index (χ0) is 6.20. The van der Waals surface area contributed by atoms with Crippen molar-refractivity contribution < 1.29 is 8.78 Å². The maximum Gasteiger partial charge on any atom is 0.263 e. The summed E-state index contributed by atoms with van der Waals surface area (Å²) in [5, 5.41) is 1.14. The van der Waals surface area contributed by atoms with Crippen molar-refractivity contribution in [1.82, 2.24) is 5.01 Å². The van der Waals surface area contributed by atoms with Crippen molar-refractivity contribution in [2.45, 2.75) is 12.3 Å². The topological polar surface area (TPSA) is 29.3 Å². The Morgan fingerprint density at radius 3 is 2.25 bits per heavy atom. The number of nitrogens with two attached hydrogens (primary N) is 1. The van der Waals surface area contributed by atoms with Crippen LogP contribution in [0, 0.1) is 0 Å². The third-order valence-corrected chi connectivity index (χ3v) is 1.20. The van der Waals surface area contributed by atoms with Gasteiger partial charge in [-0.05, 0) is 0 Å². The molecule has 2 nitrogen and oxygen atoms in total. The van der Waals surface area contributed by atoms with Crippen LogP contribution in [-0.4, -0.2) is 24.0 Å². The quantitative estimate of drug-likeness (QED) is 0.465. The van der Waals surface area contributed by atoms with E-state index in [0.29, 0.717) is 6.54 Å². The minimum atomic E-state index is -2.53. The zero-order valence-electron chi connectivity index (χ0n) is 4.40. The van der Waals surface area contributed by atoms with Gasteiger partial charge in [-0.2, -0.15) is 0 Å². The van der Waals surface area contributed by atoms with Crippen LogP contribution in [0.5, 0.6) is 0 Å². The fourth-order valence-corrected chi connectivity index (χ4v) is 0.762. The van der Waals surface area contributed by atoms with Crippen molar-refractivity contribution in [3.8, 4) is 0 Å². The molecule has 0 aromatic heterocycles. The monoisotopic (exact) mass is 122 g/mol. The molecule has 0 radical (unpaired) electrons. The Balaban J connectivity index is 2.44. The first-order valence-corrected chi connectivity index (χ1v) is 2.48. The molecule has 0 atom stereocenters. The van der Waals surface area contributed by atoms with E-state index >= 15 is 0 Å². The van der Waals surface area contributed by atoms with E-state index in [9.17, 15) is 8.78 Å². The molecule has 0 aliphatic carbocycles. The van der Waals surface area contributed by atoms with Crippen molar-refractivity contribution in [2.24, 2.45) is 5.84 Å². The van der Waals surface area contributed by atoms with Crippen molar-refractivity contribution in [1.29, 1.82) is 0 Å². The Morgan fingerprint density at radius 1 is 1.50 bits per heavy atom. The lowest BCUT2D eigenvalue weighted by Gasteiger charge is -2.06. The van der Waals surface area contributed by atoms with Gasteiger partial charge in [0.15, 0.2) is 0 Å². The fraction of sp³-hybridized carbons (Fsp3) is 1.00. The molecule has 1 aliphatic heterocycles. The highest BCUT2D eigenvalue weighted by atomic mass is 19.3. The highest BCUT2D eigenvalue weighted by Crippen LogP contribution is 2.24. The molecular weight excluding hydrogens is 114 g/mol. The number of halogens is 2. The Morgan fingerprint density at radius 2 is 2.12 bits per heavy atom. The number of rotatable bonds is 0. The van der Waals surface area contributed by atoms with Gasteiger partial charge >= 0.3 is 0 Å². The van der Waals surface area contributed by atoms with Crippen LogP contribution >= 0.6 is 0 Å². The third-order valence-electron chi connectivity index (χ3n) is 1.20. The van der Waals surface area contributed by atoms with E-state index in [1.54, 1.807) is 0 Å². The average Bonchev–Trinajstić information content (AvgIpc) is 1.82. The zero-order valence-corrected chi connectivity index (χ0v) is 4.40. The first-order chi connectivity index (χ1) is 3.60. The van der Waals surface area contributed by atoms with Crippen LogP contribution in [0.3, 0.4) is 0 Å². The van der Waals surface area contributed by atoms with Crippen molar-refractivity contribution in [3.05, 3.63) is 0 Å². The predicted molar refractivity (Wildman–Crippen MR) is 25.3 cm³/mol. The van der Waals surface area contributed by atoms with Gasteiger partial charge in [-0.1, -0.05) is 0 Å². The summed E-state index contributed by atoms with van der Waals surface area (Å²) in [5.41, 5.74) is 0. The molecule has 0 unspecified atom stereocenters. The van der Waals surface area contributed by atoms with Gasteiger partial charge in [-0.15, -0.1) is 0 Å². The summed E-state index contributed by atoms with van der Waals surface area (Å²) in [6, 6.07) is 0. The standard InChI is InChI=1S/C4H8F2N2/c5-4(6)1-2-8(7)3-4/h1-3,7H2. The first kappa shape index (κ1) is 5.91. The SMILES string of the molecule is NN1CCC(F)(F)C1. The number of hydrogen-bond donors (Lipinski definition) is 1. The Kier molecular flexibility index (Phi) is 1.21. The highest BCUT2D eigenvalue weighted by molar-refractivity contribution is 4.77. The van der Waals surface area contributed by atoms with Gasteiger partial charge in [-0.25, -0.2) is 13.8 Å². The molecule has 0 aromatic carbocycles. The molecule has 1 rings (SSSR count). The maximum atomic E-state index is 12.1. The lowest BCUT2D eigenvalue weighted by Crippen LogP contribution is -2.30. The molecule has 0 bridgehead atoms. The van der Waals surface area contributed by atoms with Gasteiger partial charge in [0.2, 0.25) is 0 Å². The molecule has 1 heterocycles. The molecule has 0 aromatic rings. The van der Waals surface area contributed by atoms with Crippen molar-refractivity contribution in [2.75, 3.05) is 13.1 Å². The van der Waals surface area contributed by atoms with E-state index in [0.717, 1.165) is 5.01 Å². The van der Waals surface area contributed by atoms with Crippen molar-refractivity contribution >= 4 is 0 Å². The van der Waals surface area contributed by atoms with Gasteiger partial charge < -0.3 is 0 Å². The number of hydrogen-bond acceptors (Lipinski definition) is 2. The van der Waals surface area contributed by atoms with E-state index in [4.69, 9.17) is 5.84 Å². The summed E-state index contributed by atoms with van der Waals surface area (Å²) < 4.78 is 24.1. The number of hydrazine groups is 1. The summed E-state index contributed by atoms with van der Waals surface area (Å²) >= 11 is 0. The van der Waals surface area contributed by atoms with Crippen LogP contribution in [0.1, 0.15) is 6.42 Å². The fourth-order valence-electron chi connectivity index (χ4n) is 0.762. The molecule has 8 heavy (non-hydrogen) atoms. The van der Waals surface area contributed by atoms with E-state index in [1.807, 2.05) is 0 Å². The second kappa shape index (κ2) is 1.63. The number of nitrogens with zero attached hydrogens (tertiary/aromatic N) is 1. The van der Waals surface area contributed by atoms with Gasteiger partial charge in [0, 0.05) is 13.0 Å². The second-order valence-corrected chi connectivity index (χ2v) is 2.08. The van der Waals surface area contributed by atoms with Gasteiger partial charge in [0.05, 0.1) is 6.54 Å². The normalized spacial score (nSPS) is 28.9. The third kappa shape index (κ3) is 1.14. The molecular formula is C4H8F2N2. The lowest BCUT2D eigenvalue weighted by atomic mass is 10.3. The van der Waals surface area contributed by atoms with Crippen molar-refractivity contribution in [3.63, 3.8) is 0 Å². The summed E-state index contributed by atoms with van der Waals surface area (Å²) in [5.74, 6) is 2.53. The van der Waals surface area contributed by atoms with Crippen LogP contribution in [0.4, 0.5) is 8.78 Å². The van der Waals surface area contributed by atoms with Crippen LogP contribution in [0.15, 0.2) is 0 Å².